The highest BCUT2D eigenvalue weighted by Crippen LogP contribution is 2.35. The van der Waals surface area contributed by atoms with Crippen molar-refractivity contribution < 1.29 is 18.9 Å². The standard InChI is InChI=1S/C19H17N3O3/c1-2-25-14-8-6-13(7-9-14)16-15(12-20)18(23)21-19(24)17(16)22-10-4-3-5-11-22/h3-11,16-17,20H,2H2,1H3/p+1/t16-,17+/m0/s1. The molecular formula is C19H18N3O3+. The lowest BCUT2D eigenvalue weighted by Gasteiger charge is -2.27. The second-order valence-electron chi connectivity index (χ2n) is 5.60. The van der Waals surface area contributed by atoms with Crippen molar-refractivity contribution in [1.82, 2.24) is 5.32 Å². The SMILES string of the molecule is CCOc1ccc([C@H]2C(=C=N)C(=O)NC(=O)[C@@H]2[n+]2ccccc2)cc1. The van der Waals surface area contributed by atoms with Gasteiger partial charge < -0.3 is 4.74 Å². The van der Waals surface area contributed by atoms with E-state index in [0.717, 1.165) is 5.56 Å². The number of rotatable bonds is 4. The van der Waals surface area contributed by atoms with Gasteiger partial charge in [-0.25, -0.2) is 0 Å². The van der Waals surface area contributed by atoms with Gasteiger partial charge in [0.05, 0.1) is 18.1 Å². The minimum Gasteiger partial charge on any atom is -0.494 e. The summed E-state index contributed by atoms with van der Waals surface area (Å²) in [5.41, 5.74) is 0.882. The highest BCUT2D eigenvalue weighted by molar-refractivity contribution is 6.13. The average molecular weight is 336 g/mol. The first-order valence-electron chi connectivity index (χ1n) is 7.99. The smallest absolute Gasteiger partial charge is 0.296 e. The quantitative estimate of drug-likeness (QED) is 0.384. The topological polar surface area (TPSA) is 83.1 Å². The minimum absolute atomic E-state index is 0.130. The van der Waals surface area contributed by atoms with E-state index in [1.807, 2.05) is 37.3 Å². The number of piperidine rings is 1. The molecule has 0 unspecified atom stereocenters. The second-order valence-corrected chi connectivity index (χ2v) is 5.60. The van der Waals surface area contributed by atoms with Crippen LogP contribution in [0.5, 0.6) is 5.75 Å². The molecule has 2 amide bonds. The molecule has 25 heavy (non-hydrogen) atoms. The van der Waals surface area contributed by atoms with Crippen molar-refractivity contribution >= 4 is 17.7 Å². The summed E-state index contributed by atoms with van der Waals surface area (Å²) < 4.78 is 7.18. The number of nitrogens with zero attached hydrogens (tertiary/aromatic N) is 1. The maximum Gasteiger partial charge on any atom is 0.296 e. The monoisotopic (exact) mass is 336 g/mol. The van der Waals surface area contributed by atoms with E-state index >= 15 is 0 Å². The molecule has 0 radical (unpaired) electrons. The fourth-order valence-corrected chi connectivity index (χ4v) is 3.03. The predicted octanol–water partition coefficient (Wildman–Crippen LogP) is 1.53. The van der Waals surface area contributed by atoms with Crippen molar-refractivity contribution in [2.75, 3.05) is 6.61 Å². The third kappa shape index (κ3) is 3.20. The summed E-state index contributed by atoms with van der Waals surface area (Å²) >= 11 is 0. The van der Waals surface area contributed by atoms with Crippen LogP contribution < -0.4 is 14.6 Å². The number of aromatic nitrogens is 1. The van der Waals surface area contributed by atoms with Gasteiger partial charge in [-0.1, -0.05) is 18.2 Å². The third-order valence-corrected chi connectivity index (χ3v) is 4.12. The Morgan fingerprint density at radius 1 is 1.16 bits per heavy atom. The zero-order valence-corrected chi connectivity index (χ0v) is 13.7. The molecule has 1 aromatic heterocycles. The first-order valence-corrected chi connectivity index (χ1v) is 7.99. The molecule has 1 fully saturated rings. The molecule has 6 heteroatoms. The van der Waals surface area contributed by atoms with Gasteiger partial charge in [-0.3, -0.25) is 20.3 Å². The van der Waals surface area contributed by atoms with E-state index in [9.17, 15) is 9.59 Å². The number of carbonyl (C=O) groups is 2. The molecule has 126 valence electrons. The normalized spacial score (nSPS) is 20.0. The van der Waals surface area contributed by atoms with Crippen molar-refractivity contribution in [2.24, 2.45) is 0 Å². The highest BCUT2D eigenvalue weighted by Gasteiger charge is 2.47. The lowest BCUT2D eigenvalue weighted by molar-refractivity contribution is -0.711. The Morgan fingerprint density at radius 3 is 2.44 bits per heavy atom. The molecule has 2 atom stereocenters. The molecule has 1 aliphatic rings. The number of carbonyl (C=O) groups excluding carboxylic acids is 2. The zero-order valence-electron chi connectivity index (χ0n) is 13.7. The Morgan fingerprint density at radius 2 is 1.84 bits per heavy atom. The van der Waals surface area contributed by atoms with E-state index in [-0.39, 0.29) is 5.57 Å². The maximum atomic E-state index is 12.5. The molecule has 1 saturated heterocycles. The van der Waals surface area contributed by atoms with Crippen LogP contribution in [-0.4, -0.2) is 24.3 Å². The van der Waals surface area contributed by atoms with Gasteiger partial charge in [-0.05, 0) is 30.5 Å². The highest BCUT2D eigenvalue weighted by atomic mass is 16.5. The third-order valence-electron chi connectivity index (χ3n) is 4.12. The van der Waals surface area contributed by atoms with E-state index in [4.69, 9.17) is 10.1 Å². The molecule has 1 aromatic carbocycles. The van der Waals surface area contributed by atoms with E-state index in [1.165, 1.54) is 0 Å². The molecule has 1 aliphatic heterocycles. The van der Waals surface area contributed by atoms with Crippen LogP contribution in [0.4, 0.5) is 0 Å². The first-order chi connectivity index (χ1) is 12.2. The van der Waals surface area contributed by atoms with Gasteiger partial charge >= 0.3 is 0 Å². The average Bonchev–Trinajstić information content (AvgIpc) is 2.63. The van der Waals surface area contributed by atoms with Gasteiger partial charge in [0.1, 0.15) is 5.75 Å². The fourth-order valence-electron chi connectivity index (χ4n) is 3.03. The van der Waals surface area contributed by atoms with E-state index in [0.29, 0.717) is 12.4 Å². The number of ether oxygens (including phenoxy) is 1. The molecule has 2 heterocycles. The minimum atomic E-state index is -0.676. The van der Waals surface area contributed by atoms with Gasteiger partial charge in [-0.15, -0.1) is 0 Å². The Kier molecular flexibility index (Phi) is 4.73. The van der Waals surface area contributed by atoms with Crippen LogP contribution in [0.2, 0.25) is 0 Å². The molecule has 0 saturated carbocycles. The predicted molar refractivity (Wildman–Crippen MR) is 90.4 cm³/mol. The number of hydrogen-bond acceptors (Lipinski definition) is 4. The van der Waals surface area contributed by atoms with Crippen molar-refractivity contribution in [3.63, 3.8) is 0 Å². The maximum absolute atomic E-state index is 12.5. The number of amides is 2. The lowest BCUT2D eigenvalue weighted by atomic mass is 9.81. The molecule has 2 N–H and O–H groups in total. The Balaban J connectivity index is 2.09. The molecule has 3 rings (SSSR count). The zero-order chi connectivity index (χ0) is 17.8. The second kappa shape index (κ2) is 7.11. The molecule has 2 aromatic rings. The van der Waals surface area contributed by atoms with Crippen molar-refractivity contribution in [3.05, 3.63) is 66.0 Å². The summed E-state index contributed by atoms with van der Waals surface area (Å²) in [5, 5.41) is 9.86. The number of nitrogens with one attached hydrogen (secondary N) is 2. The van der Waals surface area contributed by atoms with Gasteiger partial charge in [0.25, 0.3) is 11.8 Å². The molecular weight excluding hydrogens is 318 g/mol. The van der Waals surface area contributed by atoms with Gasteiger partial charge in [0.15, 0.2) is 12.4 Å². The summed E-state index contributed by atoms with van der Waals surface area (Å²) in [6.07, 6.45) is 3.53. The van der Waals surface area contributed by atoms with Crippen LogP contribution in [0.1, 0.15) is 24.4 Å². The Labute approximate surface area is 145 Å². The molecule has 0 bridgehead atoms. The summed E-state index contributed by atoms with van der Waals surface area (Å²) in [6.45, 7) is 2.45. The van der Waals surface area contributed by atoms with Crippen LogP contribution in [0, 0.1) is 5.41 Å². The van der Waals surface area contributed by atoms with Crippen LogP contribution in [0.3, 0.4) is 0 Å². The largest absolute Gasteiger partial charge is 0.494 e. The van der Waals surface area contributed by atoms with Gasteiger partial charge in [0, 0.05) is 12.1 Å². The molecule has 6 nitrogen and oxygen atoms in total. The van der Waals surface area contributed by atoms with Crippen LogP contribution in [-0.2, 0) is 9.59 Å². The summed E-state index contributed by atoms with van der Waals surface area (Å²) in [4.78, 5) is 24.7. The summed E-state index contributed by atoms with van der Waals surface area (Å²) in [5.74, 6) is 1.35. The number of pyridine rings is 1. The van der Waals surface area contributed by atoms with Crippen LogP contribution in [0.15, 0.2) is 60.4 Å². The molecule has 0 aliphatic carbocycles. The van der Waals surface area contributed by atoms with Crippen molar-refractivity contribution in [1.29, 1.82) is 5.41 Å². The fraction of sp³-hybridized carbons (Fsp3) is 0.211. The lowest BCUT2D eigenvalue weighted by Crippen LogP contribution is -2.57. The van der Waals surface area contributed by atoms with E-state index in [2.05, 4.69) is 11.2 Å². The number of benzene rings is 1. The van der Waals surface area contributed by atoms with Gasteiger partial charge in [-0.2, -0.15) is 4.57 Å². The first kappa shape index (κ1) is 16.6. The number of imide groups is 1. The van der Waals surface area contributed by atoms with Gasteiger partial charge in [0.2, 0.25) is 6.04 Å². The number of hydrogen-bond donors (Lipinski definition) is 2. The summed E-state index contributed by atoms with van der Waals surface area (Å²) in [7, 11) is 0. The Hall–Kier alpha value is -3.24. The van der Waals surface area contributed by atoms with E-state index < -0.39 is 23.8 Å². The molecule has 0 spiro atoms. The summed E-state index contributed by atoms with van der Waals surface area (Å²) in [6, 6.07) is 12.0. The van der Waals surface area contributed by atoms with Crippen molar-refractivity contribution in [3.8, 4) is 5.75 Å². The Bertz CT molecular complexity index is 840. The van der Waals surface area contributed by atoms with Crippen LogP contribution in [0.25, 0.3) is 0 Å². The van der Waals surface area contributed by atoms with Crippen molar-refractivity contribution in [2.45, 2.75) is 18.9 Å². The van der Waals surface area contributed by atoms with E-state index in [1.54, 1.807) is 29.1 Å². The van der Waals surface area contributed by atoms with Crippen LogP contribution >= 0.6 is 0 Å².